The number of furan rings is 1. The van der Waals surface area contributed by atoms with Gasteiger partial charge in [0.25, 0.3) is 5.91 Å². The first-order chi connectivity index (χ1) is 18.2. The third kappa shape index (κ3) is 5.64. The number of halogens is 1. The largest absolute Gasteiger partial charge is 0.468 e. The highest BCUT2D eigenvalue weighted by molar-refractivity contribution is 8.03. The second-order valence-corrected chi connectivity index (χ2v) is 10.3. The molecular formula is C29H27ClN4O3S. The number of benzene rings is 2. The third-order valence-electron chi connectivity index (χ3n) is 6.33. The van der Waals surface area contributed by atoms with Crippen LogP contribution in [0.5, 0.6) is 0 Å². The van der Waals surface area contributed by atoms with Gasteiger partial charge in [-0.25, -0.2) is 0 Å². The van der Waals surface area contributed by atoms with E-state index in [4.69, 9.17) is 16.0 Å². The molecule has 1 aliphatic rings. The van der Waals surface area contributed by atoms with Gasteiger partial charge in [-0.2, -0.15) is 5.26 Å². The standard InChI is InChI=1S/C29H27ClN4O3S/c1-16-8-5-9-17(2)27(16)34-28(36)25-19(4)32-29(20(14-31)26(25)23-12-7-13-37-23)38-15-24(35)33-22-11-6-10-21(30)18(22)3/h5-13,26,32H,15H2,1-4H3,(H,33,35)(H,34,36)/t26-/m0/s1. The number of aryl methyl sites for hydroxylation is 2. The summed E-state index contributed by atoms with van der Waals surface area (Å²) in [6.45, 7) is 7.47. The predicted molar refractivity (Wildman–Crippen MR) is 152 cm³/mol. The van der Waals surface area contributed by atoms with Crippen LogP contribution in [0.3, 0.4) is 0 Å². The number of carbonyl (C=O) groups is 2. The Morgan fingerprint density at radius 3 is 2.42 bits per heavy atom. The minimum atomic E-state index is -0.735. The van der Waals surface area contributed by atoms with Crippen molar-refractivity contribution >= 4 is 46.6 Å². The summed E-state index contributed by atoms with van der Waals surface area (Å²) in [6.07, 6.45) is 1.51. The highest BCUT2D eigenvalue weighted by atomic mass is 35.5. The van der Waals surface area contributed by atoms with Crippen LogP contribution in [0, 0.1) is 32.1 Å². The number of hydrogen-bond donors (Lipinski definition) is 3. The summed E-state index contributed by atoms with van der Waals surface area (Å²) >= 11 is 7.35. The molecule has 2 aromatic carbocycles. The fourth-order valence-electron chi connectivity index (χ4n) is 4.33. The van der Waals surface area contributed by atoms with Gasteiger partial charge in [-0.05, 0) is 68.7 Å². The Labute approximate surface area is 230 Å². The number of nitrogens with zero attached hydrogens (tertiary/aromatic N) is 1. The summed E-state index contributed by atoms with van der Waals surface area (Å²) in [7, 11) is 0. The van der Waals surface area contributed by atoms with Gasteiger partial charge in [0.15, 0.2) is 0 Å². The lowest BCUT2D eigenvalue weighted by atomic mass is 9.85. The molecule has 0 radical (unpaired) electrons. The number of carbonyl (C=O) groups excluding carboxylic acids is 2. The highest BCUT2D eigenvalue weighted by Gasteiger charge is 2.36. The van der Waals surface area contributed by atoms with E-state index in [1.807, 2.05) is 39.0 Å². The van der Waals surface area contributed by atoms with Gasteiger partial charge in [0.1, 0.15) is 5.76 Å². The lowest BCUT2D eigenvalue weighted by Crippen LogP contribution is -2.31. The van der Waals surface area contributed by atoms with E-state index < -0.39 is 5.92 Å². The lowest BCUT2D eigenvalue weighted by Gasteiger charge is -2.28. The molecule has 0 saturated carbocycles. The fourth-order valence-corrected chi connectivity index (χ4v) is 5.39. The second-order valence-electron chi connectivity index (χ2n) is 8.94. The summed E-state index contributed by atoms with van der Waals surface area (Å²) < 4.78 is 5.68. The quantitative estimate of drug-likeness (QED) is 0.309. The van der Waals surface area contributed by atoms with E-state index in [1.54, 1.807) is 37.3 Å². The smallest absolute Gasteiger partial charge is 0.254 e. The van der Waals surface area contributed by atoms with E-state index >= 15 is 0 Å². The molecule has 1 aliphatic heterocycles. The molecule has 7 nitrogen and oxygen atoms in total. The van der Waals surface area contributed by atoms with Crippen LogP contribution in [-0.4, -0.2) is 17.6 Å². The number of nitrogens with one attached hydrogen (secondary N) is 3. The average molecular weight is 547 g/mol. The van der Waals surface area contributed by atoms with Crippen molar-refractivity contribution in [3.8, 4) is 6.07 Å². The Hall–Kier alpha value is -3.93. The number of hydrogen-bond acceptors (Lipinski definition) is 6. The topological polar surface area (TPSA) is 107 Å². The zero-order chi connectivity index (χ0) is 27.4. The van der Waals surface area contributed by atoms with Gasteiger partial charge in [0, 0.05) is 22.1 Å². The summed E-state index contributed by atoms with van der Waals surface area (Å²) in [5, 5.41) is 20.3. The predicted octanol–water partition coefficient (Wildman–Crippen LogP) is 6.56. The summed E-state index contributed by atoms with van der Waals surface area (Å²) in [4.78, 5) is 26.4. The first-order valence-electron chi connectivity index (χ1n) is 11.9. The second kappa shape index (κ2) is 11.6. The summed E-state index contributed by atoms with van der Waals surface area (Å²) in [6, 6.07) is 16.8. The number of amides is 2. The first kappa shape index (κ1) is 27.1. The molecule has 0 bridgehead atoms. The average Bonchev–Trinajstić information content (AvgIpc) is 3.42. The summed E-state index contributed by atoms with van der Waals surface area (Å²) in [5.41, 5.74) is 5.25. The Bertz CT molecular complexity index is 1480. The Kier molecular flexibility index (Phi) is 8.30. The molecule has 0 spiro atoms. The first-order valence-corrected chi connectivity index (χ1v) is 13.3. The number of nitriles is 1. The van der Waals surface area contributed by atoms with Crippen LogP contribution in [0.25, 0.3) is 0 Å². The van der Waals surface area contributed by atoms with E-state index in [1.165, 1.54) is 18.0 Å². The van der Waals surface area contributed by atoms with Crippen molar-refractivity contribution in [1.29, 1.82) is 5.26 Å². The van der Waals surface area contributed by atoms with Crippen LogP contribution in [0.4, 0.5) is 11.4 Å². The van der Waals surface area contributed by atoms with Crippen molar-refractivity contribution in [3.05, 3.63) is 104 Å². The van der Waals surface area contributed by atoms with E-state index in [2.05, 4.69) is 22.0 Å². The number of rotatable bonds is 7. The van der Waals surface area contributed by atoms with Gasteiger partial charge in [0.2, 0.25) is 5.91 Å². The highest BCUT2D eigenvalue weighted by Crippen LogP contribution is 2.41. The molecule has 0 aliphatic carbocycles. The Morgan fingerprint density at radius 2 is 1.76 bits per heavy atom. The van der Waals surface area contributed by atoms with Gasteiger partial charge >= 0.3 is 0 Å². The molecule has 2 heterocycles. The maximum Gasteiger partial charge on any atom is 0.254 e. The van der Waals surface area contributed by atoms with Crippen LogP contribution in [0.1, 0.15) is 35.3 Å². The van der Waals surface area contributed by atoms with Gasteiger partial charge in [0.05, 0.1) is 40.2 Å². The third-order valence-corrected chi connectivity index (χ3v) is 7.76. The van der Waals surface area contributed by atoms with E-state index in [0.717, 1.165) is 22.4 Å². The number of anilines is 2. The lowest BCUT2D eigenvalue weighted by molar-refractivity contribution is -0.114. The number of thioether (sulfide) groups is 1. The molecule has 3 N–H and O–H groups in total. The van der Waals surface area contributed by atoms with Gasteiger partial charge in [-0.3, -0.25) is 9.59 Å². The minimum absolute atomic E-state index is 0.0432. The summed E-state index contributed by atoms with van der Waals surface area (Å²) in [5.74, 6) is -0.810. The van der Waals surface area contributed by atoms with Crippen LogP contribution >= 0.6 is 23.4 Å². The van der Waals surface area contributed by atoms with Crippen molar-refractivity contribution in [2.24, 2.45) is 0 Å². The van der Waals surface area contributed by atoms with Gasteiger partial charge < -0.3 is 20.4 Å². The van der Waals surface area contributed by atoms with Crippen molar-refractivity contribution in [2.75, 3.05) is 16.4 Å². The SMILES string of the molecule is CC1=C(C(=O)Nc2c(C)cccc2C)[C@H](c2ccco2)C(C#N)=C(SCC(=O)Nc2cccc(Cl)c2C)N1. The van der Waals surface area contributed by atoms with Gasteiger partial charge in [-0.1, -0.05) is 47.6 Å². The van der Waals surface area contributed by atoms with Crippen molar-refractivity contribution in [2.45, 2.75) is 33.6 Å². The normalized spacial score (nSPS) is 15.1. The van der Waals surface area contributed by atoms with E-state index in [9.17, 15) is 14.9 Å². The molecule has 38 heavy (non-hydrogen) atoms. The van der Waals surface area contributed by atoms with Crippen molar-refractivity contribution in [3.63, 3.8) is 0 Å². The van der Waals surface area contributed by atoms with E-state index in [-0.39, 0.29) is 17.6 Å². The number of dihydropyridines is 1. The van der Waals surface area contributed by atoms with Crippen LogP contribution in [0.15, 0.2) is 81.1 Å². The van der Waals surface area contributed by atoms with Crippen molar-refractivity contribution in [1.82, 2.24) is 5.32 Å². The number of para-hydroxylation sites is 1. The maximum atomic E-state index is 13.6. The molecule has 0 saturated heterocycles. The molecule has 4 rings (SSSR count). The van der Waals surface area contributed by atoms with Crippen LogP contribution in [0.2, 0.25) is 5.02 Å². The monoisotopic (exact) mass is 546 g/mol. The Balaban J connectivity index is 1.61. The van der Waals surface area contributed by atoms with E-state index in [0.29, 0.717) is 38.3 Å². The molecule has 1 atom stereocenters. The Morgan fingerprint density at radius 1 is 1.05 bits per heavy atom. The van der Waals surface area contributed by atoms with Crippen LogP contribution in [-0.2, 0) is 9.59 Å². The molecule has 0 unspecified atom stereocenters. The molecule has 194 valence electrons. The molecule has 9 heteroatoms. The minimum Gasteiger partial charge on any atom is -0.468 e. The fraction of sp³-hybridized carbons (Fsp3) is 0.207. The molecule has 0 fully saturated rings. The maximum absolute atomic E-state index is 13.6. The van der Waals surface area contributed by atoms with Crippen molar-refractivity contribution < 1.29 is 14.0 Å². The zero-order valence-electron chi connectivity index (χ0n) is 21.4. The molecule has 2 amide bonds. The molecule has 1 aromatic heterocycles. The molecular weight excluding hydrogens is 520 g/mol. The molecule has 3 aromatic rings. The van der Waals surface area contributed by atoms with Crippen LogP contribution < -0.4 is 16.0 Å². The zero-order valence-corrected chi connectivity index (χ0v) is 23.0. The van der Waals surface area contributed by atoms with Gasteiger partial charge in [-0.15, -0.1) is 0 Å². The number of allylic oxidation sites excluding steroid dienone is 2.